The maximum atomic E-state index is 13.7. The van der Waals surface area contributed by atoms with Crippen molar-refractivity contribution in [3.63, 3.8) is 0 Å². The molecule has 1 unspecified atom stereocenters. The molecule has 3 saturated carbocycles. The van der Waals surface area contributed by atoms with Gasteiger partial charge in [-0.1, -0.05) is 72.2 Å². The van der Waals surface area contributed by atoms with Crippen LogP contribution in [0.1, 0.15) is 137 Å². The van der Waals surface area contributed by atoms with Gasteiger partial charge >= 0.3 is 5.97 Å². The Morgan fingerprint density at radius 2 is 1.63 bits per heavy atom. The molecule has 0 aromatic heterocycles. The number of fused-ring (bicyclic) bond motifs is 7. The molecule has 1 N–H and O–H groups in total. The predicted octanol–water partition coefficient (Wildman–Crippen LogP) is 9.25. The minimum atomic E-state index is -1.15. The molecule has 0 heterocycles. The summed E-state index contributed by atoms with van der Waals surface area (Å²) >= 11 is 0. The molecule has 8 atom stereocenters. The minimum Gasteiger partial charge on any atom is -0.456 e. The Hall–Kier alpha value is -2.80. The summed E-state index contributed by atoms with van der Waals surface area (Å²) in [4.78, 5) is 37.7. The highest BCUT2D eigenvalue weighted by atomic mass is 16.6. The molecule has 0 saturated heterocycles. The normalized spacial score (nSPS) is 37.4. The van der Waals surface area contributed by atoms with Gasteiger partial charge in [-0.2, -0.15) is 0 Å². The summed E-state index contributed by atoms with van der Waals surface area (Å²) in [5.74, 6) is 0.915. The third kappa shape index (κ3) is 5.30. The Morgan fingerprint density at radius 3 is 2.22 bits per heavy atom. The number of carbonyl (C=O) groups is 2. The van der Waals surface area contributed by atoms with Crippen molar-refractivity contribution in [3.8, 4) is 0 Å². The van der Waals surface area contributed by atoms with E-state index in [-0.39, 0.29) is 51.7 Å². The molecule has 5 aliphatic rings. The van der Waals surface area contributed by atoms with Crippen molar-refractivity contribution in [3.05, 3.63) is 62.7 Å². The summed E-state index contributed by atoms with van der Waals surface area (Å²) in [5.41, 5.74) is 3.64. The number of rotatable bonds is 6. The lowest BCUT2D eigenvalue weighted by Gasteiger charge is -2.71. The first-order valence-corrected chi connectivity index (χ1v) is 18.7. The van der Waals surface area contributed by atoms with Gasteiger partial charge in [-0.3, -0.25) is 14.9 Å². The lowest BCUT2D eigenvalue weighted by molar-refractivity contribution is -0.494. The van der Waals surface area contributed by atoms with Gasteiger partial charge in [-0.15, -0.1) is 0 Å². The summed E-state index contributed by atoms with van der Waals surface area (Å²) in [7, 11) is 0. The number of aliphatic hydroxyl groups excluding tert-OH is 1. The van der Waals surface area contributed by atoms with Gasteiger partial charge in [0.1, 0.15) is 11.7 Å². The molecule has 49 heavy (non-hydrogen) atoms. The van der Waals surface area contributed by atoms with Crippen LogP contribution in [0.3, 0.4) is 0 Å². The zero-order valence-corrected chi connectivity index (χ0v) is 31.6. The van der Waals surface area contributed by atoms with E-state index in [0.29, 0.717) is 23.8 Å². The maximum Gasteiger partial charge on any atom is 0.338 e. The van der Waals surface area contributed by atoms with Gasteiger partial charge in [-0.25, -0.2) is 4.79 Å². The molecule has 3 fully saturated rings. The van der Waals surface area contributed by atoms with Crippen molar-refractivity contribution in [1.29, 1.82) is 0 Å². The highest BCUT2D eigenvalue weighted by molar-refractivity contribution is 6.00. The van der Waals surface area contributed by atoms with Crippen molar-refractivity contribution in [1.82, 2.24) is 0 Å². The van der Waals surface area contributed by atoms with E-state index in [2.05, 4.69) is 66.7 Å². The van der Waals surface area contributed by atoms with Crippen molar-refractivity contribution < 1.29 is 24.4 Å². The van der Waals surface area contributed by atoms with Crippen molar-refractivity contribution in [2.75, 3.05) is 6.54 Å². The average Bonchev–Trinajstić information content (AvgIpc) is 3.29. The molecular formula is C42H59NO6. The fraction of sp³-hybridized carbons (Fsp3) is 0.714. The molecule has 6 rings (SSSR count). The number of hydrogen-bond donors (Lipinski definition) is 1. The largest absolute Gasteiger partial charge is 0.456 e. The molecule has 7 heteroatoms. The van der Waals surface area contributed by atoms with Crippen LogP contribution in [0.4, 0.5) is 0 Å². The number of benzene rings is 1. The third-order valence-corrected chi connectivity index (χ3v) is 14.9. The van der Waals surface area contributed by atoms with Gasteiger partial charge in [0.15, 0.2) is 5.78 Å². The Labute approximate surface area is 293 Å². The fourth-order valence-corrected chi connectivity index (χ4v) is 12.6. The van der Waals surface area contributed by atoms with Gasteiger partial charge in [0.25, 0.3) is 0 Å². The molecule has 0 radical (unpaired) electrons. The number of allylic oxidation sites excluding steroid dienone is 3. The number of carbonyl (C=O) groups excluding carboxylic acids is 2. The molecule has 0 amide bonds. The maximum absolute atomic E-state index is 13.7. The monoisotopic (exact) mass is 673 g/mol. The SMILES string of the molecule is CC(C)C1=C2[C@H]3CC[C@@H]4[C@@]5(C)CC=C(c6ccc(C(=O)OC(C)(C)C)cc6)C(C)(C)[C@@H]5CC[C@@]4(C)[C@]3(C)CC[C@@]2(C(O)C[N+](=O)[O-])CC1=O. The molecule has 0 aliphatic heterocycles. The standard InChI is InChI=1S/C42H59NO6/c1-25(2)34-30(44)23-42(33(45)24-43(47)48)22-21-40(9)29(35(34)42)15-16-32-39(8)19-17-28(38(6,7)31(39)18-20-41(32,40)10)26-11-13-27(14-12-26)36(46)49-37(3,4)5/h11-14,17,25,29,31-33,45H,15-16,18-24H2,1-10H3/t29-,31+,32-,33?,39+,40-,41-,42+/m1/s1. The van der Waals surface area contributed by atoms with Gasteiger partial charge in [0.05, 0.1) is 5.56 Å². The van der Waals surface area contributed by atoms with E-state index < -0.39 is 28.6 Å². The number of hydrogen-bond acceptors (Lipinski definition) is 6. The zero-order chi connectivity index (χ0) is 36.1. The van der Waals surface area contributed by atoms with E-state index in [1.165, 1.54) is 11.1 Å². The molecule has 1 aromatic carbocycles. The van der Waals surface area contributed by atoms with Gasteiger partial charge < -0.3 is 9.84 Å². The highest BCUT2D eigenvalue weighted by Crippen LogP contribution is 2.77. The lowest BCUT2D eigenvalue weighted by Crippen LogP contribution is -2.64. The Balaban J connectivity index is 1.34. The zero-order valence-electron chi connectivity index (χ0n) is 31.6. The number of ketones is 1. The molecule has 5 aliphatic carbocycles. The van der Waals surface area contributed by atoms with Crippen molar-refractivity contribution in [2.24, 2.45) is 50.7 Å². The summed E-state index contributed by atoms with van der Waals surface area (Å²) in [6.45, 7) is 21.6. The number of nitro groups is 1. The number of Topliss-reactive ketones (excluding diaryl/α,β-unsaturated/α-hetero) is 1. The van der Waals surface area contributed by atoms with Crippen molar-refractivity contribution >= 4 is 17.3 Å². The van der Waals surface area contributed by atoms with Gasteiger partial charge in [0.2, 0.25) is 6.54 Å². The van der Waals surface area contributed by atoms with Crippen LogP contribution < -0.4 is 0 Å². The first-order chi connectivity index (χ1) is 22.6. The van der Waals surface area contributed by atoms with E-state index in [4.69, 9.17) is 4.74 Å². The number of ether oxygens (including phenoxy) is 1. The molecular weight excluding hydrogens is 614 g/mol. The second-order valence-electron chi connectivity index (χ2n) is 19.0. The predicted molar refractivity (Wildman–Crippen MR) is 192 cm³/mol. The topological polar surface area (TPSA) is 107 Å². The second-order valence-corrected chi connectivity index (χ2v) is 19.0. The van der Waals surface area contributed by atoms with Crippen LogP contribution >= 0.6 is 0 Å². The number of esters is 1. The number of aliphatic hydroxyl groups is 1. The fourth-order valence-electron chi connectivity index (χ4n) is 12.6. The smallest absolute Gasteiger partial charge is 0.338 e. The average molecular weight is 674 g/mol. The van der Waals surface area contributed by atoms with Crippen LogP contribution in [-0.4, -0.2) is 40.0 Å². The summed E-state index contributed by atoms with van der Waals surface area (Å²) in [6, 6.07) is 7.96. The molecule has 268 valence electrons. The Morgan fingerprint density at radius 1 is 0.980 bits per heavy atom. The number of nitrogens with zero attached hydrogens (tertiary/aromatic N) is 1. The highest BCUT2D eigenvalue weighted by Gasteiger charge is 2.70. The third-order valence-electron chi connectivity index (χ3n) is 14.9. The van der Waals surface area contributed by atoms with Crippen molar-refractivity contribution in [2.45, 2.75) is 132 Å². The first-order valence-electron chi connectivity index (χ1n) is 18.7. The van der Waals surface area contributed by atoms with Crippen LogP contribution in [0, 0.1) is 60.9 Å². The van der Waals surface area contributed by atoms with Crippen LogP contribution in [0.25, 0.3) is 5.57 Å². The van der Waals surface area contributed by atoms with E-state index in [1.54, 1.807) is 0 Å². The lowest BCUT2D eigenvalue weighted by atomic mass is 9.33. The summed E-state index contributed by atoms with van der Waals surface area (Å²) in [5, 5.41) is 23.2. The molecule has 1 aromatic rings. The summed E-state index contributed by atoms with van der Waals surface area (Å²) < 4.78 is 5.61. The molecule has 0 bridgehead atoms. The van der Waals surface area contributed by atoms with E-state index in [9.17, 15) is 24.8 Å². The van der Waals surface area contributed by atoms with Gasteiger partial charge in [-0.05, 0) is 140 Å². The first kappa shape index (κ1) is 36.0. The van der Waals surface area contributed by atoms with E-state index in [0.717, 1.165) is 49.7 Å². The molecule has 0 spiro atoms. The second kappa shape index (κ2) is 11.6. The quantitative estimate of drug-likeness (QED) is 0.183. The van der Waals surface area contributed by atoms with Gasteiger partial charge in [0, 0.05) is 16.8 Å². The van der Waals surface area contributed by atoms with Crippen LogP contribution in [0.15, 0.2) is 41.5 Å². The van der Waals surface area contributed by atoms with Crippen LogP contribution in [0.5, 0.6) is 0 Å². The summed E-state index contributed by atoms with van der Waals surface area (Å²) in [6.07, 6.45) is 8.24. The van der Waals surface area contributed by atoms with E-state index in [1.807, 2.05) is 32.9 Å². The van der Waals surface area contributed by atoms with E-state index >= 15 is 0 Å². The minimum absolute atomic E-state index is 0.0224. The Kier molecular flexibility index (Phi) is 8.53. The van der Waals surface area contributed by atoms with Crippen LogP contribution in [-0.2, 0) is 9.53 Å². The molecule has 7 nitrogen and oxygen atoms in total. The Bertz CT molecular complexity index is 1610. The van der Waals surface area contributed by atoms with Crippen LogP contribution in [0.2, 0.25) is 0 Å².